The maximum atomic E-state index is 5.87. The minimum Gasteiger partial charge on any atom is -0.425 e. The largest absolute Gasteiger partial charge is 0.425 e. The van der Waals surface area contributed by atoms with Gasteiger partial charge in [-0.3, -0.25) is 0 Å². The van der Waals surface area contributed by atoms with Crippen LogP contribution in [-0.4, -0.2) is 38.6 Å². The van der Waals surface area contributed by atoms with Gasteiger partial charge in [-0.05, 0) is 12.6 Å². The van der Waals surface area contributed by atoms with E-state index in [4.69, 9.17) is 16.5 Å². The molecule has 0 saturated carbocycles. The van der Waals surface area contributed by atoms with Gasteiger partial charge in [-0.15, -0.1) is 0 Å². The van der Waals surface area contributed by atoms with Crippen LogP contribution in [0.3, 0.4) is 0 Å². The Balaban J connectivity index is 2.21. The van der Waals surface area contributed by atoms with Crippen molar-refractivity contribution < 1.29 is 16.5 Å². The molecule has 1 fully saturated rings. The Kier molecular flexibility index (Phi) is 7.25. The van der Waals surface area contributed by atoms with E-state index < -0.39 is 38.6 Å². The van der Waals surface area contributed by atoms with Crippen LogP contribution in [-0.2, 0) is 16.5 Å². The Morgan fingerprint density at radius 2 is 1.60 bits per heavy atom. The first-order valence-electron chi connectivity index (χ1n) is 5.70. The van der Waals surface area contributed by atoms with E-state index in [1.54, 1.807) is 0 Å². The minimum atomic E-state index is -1.87. The second-order valence-corrected chi connectivity index (χ2v) is 13.0. The van der Waals surface area contributed by atoms with E-state index in [1.807, 2.05) is 0 Å². The Bertz CT molecular complexity index is 163. The maximum Gasteiger partial charge on any atom is 0.316 e. The lowest BCUT2D eigenvalue weighted by Gasteiger charge is -2.29. The molecule has 0 amide bonds. The molecular formula is C7H22O4Si4. The SMILES string of the molecule is CCCCCC[Si]1(C)O[SiH2]O[SiH2]O[SiH2]O1. The third-order valence-corrected chi connectivity index (χ3v) is 12.3. The van der Waals surface area contributed by atoms with Gasteiger partial charge in [-0.1, -0.05) is 32.6 Å². The van der Waals surface area contributed by atoms with Crippen LogP contribution in [0.4, 0.5) is 0 Å². The zero-order valence-electron chi connectivity index (χ0n) is 9.79. The number of rotatable bonds is 5. The quantitative estimate of drug-likeness (QED) is 0.513. The van der Waals surface area contributed by atoms with Gasteiger partial charge in [0.15, 0.2) is 0 Å². The number of unbranched alkanes of at least 4 members (excludes halogenated alkanes) is 3. The molecule has 0 bridgehead atoms. The molecule has 0 aromatic rings. The molecule has 0 aromatic carbocycles. The van der Waals surface area contributed by atoms with Crippen molar-refractivity contribution in [2.24, 2.45) is 0 Å². The van der Waals surface area contributed by atoms with Gasteiger partial charge in [0.1, 0.15) is 0 Å². The normalized spacial score (nSPS) is 33.2. The van der Waals surface area contributed by atoms with Gasteiger partial charge < -0.3 is 16.5 Å². The van der Waals surface area contributed by atoms with E-state index in [0.29, 0.717) is 0 Å². The highest BCUT2D eigenvalue weighted by atomic mass is 28.5. The lowest BCUT2D eigenvalue weighted by atomic mass is 10.2. The molecule has 0 aliphatic carbocycles. The van der Waals surface area contributed by atoms with Crippen LogP contribution in [0.5, 0.6) is 0 Å². The average molecular weight is 283 g/mol. The lowest BCUT2D eigenvalue weighted by Crippen LogP contribution is -2.44. The summed E-state index contributed by atoms with van der Waals surface area (Å²) in [5.74, 6) is 0. The van der Waals surface area contributed by atoms with E-state index in [2.05, 4.69) is 13.5 Å². The van der Waals surface area contributed by atoms with Crippen LogP contribution >= 0.6 is 0 Å². The van der Waals surface area contributed by atoms with Crippen molar-refractivity contribution in [3.63, 3.8) is 0 Å². The van der Waals surface area contributed by atoms with Crippen molar-refractivity contribution in [1.82, 2.24) is 0 Å². The summed E-state index contributed by atoms with van der Waals surface area (Å²) >= 11 is 0. The third kappa shape index (κ3) is 6.12. The van der Waals surface area contributed by atoms with E-state index in [-0.39, 0.29) is 0 Å². The minimum absolute atomic E-state index is 0.729. The van der Waals surface area contributed by atoms with Gasteiger partial charge in [0, 0.05) is 0 Å². The zero-order valence-corrected chi connectivity index (χ0v) is 15.0. The van der Waals surface area contributed by atoms with Gasteiger partial charge in [-0.2, -0.15) is 0 Å². The highest BCUT2D eigenvalue weighted by Gasteiger charge is 2.31. The molecule has 0 spiro atoms. The van der Waals surface area contributed by atoms with Crippen molar-refractivity contribution in [2.45, 2.75) is 45.2 Å². The van der Waals surface area contributed by atoms with Gasteiger partial charge in [0.2, 0.25) is 0 Å². The van der Waals surface area contributed by atoms with E-state index in [9.17, 15) is 0 Å². The van der Waals surface area contributed by atoms with Gasteiger partial charge in [0.05, 0.1) is 0 Å². The van der Waals surface area contributed by atoms with Crippen LogP contribution in [0.25, 0.3) is 0 Å². The Hall–Kier alpha value is 0.708. The molecular weight excluding hydrogens is 260 g/mol. The molecule has 1 aliphatic heterocycles. The van der Waals surface area contributed by atoms with Crippen LogP contribution in [0.2, 0.25) is 12.6 Å². The van der Waals surface area contributed by atoms with Crippen LogP contribution in [0.15, 0.2) is 0 Å². The molecule has 1 aliphatic rings. The van der Waals surface area contributed by atoms with Crippen molar-refractivity contribution in [3.8, 4) is 0 Å². The fourth-order valence-corrected chi connectivity index (χ4v) is 10.9. The summed E-state index contributed by atoms with van der Waals surface area (Å²) < 4.78 is 22.6. The standard InChI is InChI=1S/C7H22O4Si4/c1-3-4-5-6-7-15(2)10-13-8-12-9-14-11-15/h3-7,12-14H2,1-2H3. The molecule has 0 N–H and O–H groups in total. The van der Waals surface area contributed by atoms with Crippen molar-refractivity contribution >= 4 is 38.6 Å². The first-order valence-corrected chi connectivity index (χ1v) is 11.7. The number of hydrogen-bond donors (Lipinski definition) is 0. The Morgan fingerprint density at radius 3 is 2.20 bits per heavy atom. The van der Waals surface area contributed by atoms with Gasteiger partial charge in [0.25, 0.3) is 30.0 Å². The maximum absolute atomic E-state index is 5.87. The first-order chi connectivity index (χ1) is 7.27. The summed E-state index contributed by atoms with van der Waals surface area (Å²) in [6.07, 6.45) is 5.13. The van der Waals surface area contributed by atoms with Crippen molar-refractivity contribution in [1.29, 1.82) is 0 Å². The molecule has 90 valence electrons. The molecule has 0 radical (unpaired) electrons. The highest BCUT2D eigenvalue weighted by Crippen LogP contribution is 2.18. The first kappa shape index (κ1) is 13.8. The van der Waals surface area contributed by atoms with Crippen LogP contribution in [0, 0.1) is 0 Å². The molecule has 1 heterocycles. The zero-order chi connectivity index (χ0) is 11.0. The Morgan fingerprint density at radius 1 is 0.933 bits per heavy atom. The highest BCUT2D eigenvalue weighted by molar-refractivity contribution is 6.74. The average Bonchev–Trinajstić information content (AvgIpc) is 2.20. The van der Waals surface area contributed by atoms with E-state index in [1.165, 1.54) is 25.7 Å². The molecule has 0 atom stereocenters. The monoisotopic (exact) mass is 282 g/mol. The van der Waals surface area contributed by atoms with E-state index in [0.717, 1.165) is 6.04 Å². The summed E-state index contributed by atoms with van der Waals surface area (Å²) in [7, 11) is -4.19. The smallest absolute Gasteiger partial charge is 0.316 e. The predicted octanol–water partition coefficient (Wildman–Crippen LogP) is -0.285. The fourth-order valence-electron chi connectivity index (χ4n) is 1.52. The van der Waals surface area contributed by atoms with E-state index >= 15 is 0 Å². The topological polar surface area (TPSA) is 36.9 Å². The third-order valence-electron chi connectivity index (χ3n) is 2.55. The van der Waals surface area contributed by atoms with Crippen LogP contribution in [0.1, 0.15) is 32.6 Å². The van der Waals surface area contributed by atoms with Crippen molar-refractivity contribution in [3.05, 3.63) is 0 Å². The second-order valence-electron chi connectivity index (χ2n) is 3.99. The molecule has 15 heavy (non-hydrogen) atoms. The Labute approximate surface area is 100 Å². The van der Waals surface area contributed by atoms with Crippen LogP contribution < -0.4 is 0 Å². The van der Waals surface area contributed by atoms with Crippen molar-refractivity contribution in [2.75, 3.05) is 0 Å². The predicted molar refractivity (Wildman–Crippen MR) is 70.5 cm³/mol. The molecule has 1 saturated heterocycles. The summed E-state index contributed by atoms with van der Waals surface area (Å²) in [5, 5.41) is 0. The summed E-state index contributed by atoms with van der Waals surface area (Å²) in [6.45, 7) is 4.40. The summed E-state index contributed by atoms with van der Waals surface area (Å²) in [6, 6.07) is 1.11. The summed E-state index contributed by atoms with van der Waals surface area (Å²) in [5.41, 5.74) is 0. The molecule has 0 aromatic heterocycles. The molecule has 8 heteroatoms. The number of hydrogen-bond acceptors (Lipinski definition) is 4. The van der Waals surface area contributed by atoms with Gasteiger partial charge >= 0.3 is 8.56 Å². The molecule has 4 nitrogen and oxygen atoms in total. The molecule has 0 unspecified atom stereocenters. The summed E-state index contributed by atoms with van der Waals surface area (Å²) in [4.78, 5) is 0. The lowest BCUT2D eigenvalue weighted by molar-refractivity contribution is 0.308. The second kappa shape index (κ2) is 7.90. The van der Waals surface area contributed by atoms with Gasteiger partial charge in [-0.25, -0.2) is 0 Å². The molecule has 1 rings (SSSR count). The fraction of sp³-hybridized carbons (Fsp3) is 1.00.